The van der Waals surface area contributed by atoms with Gasteiger partial charge in [0.2, 0.25) is 18.7 Å². The fourth-order valence-corrected chi connectivity index (χ4v) is 4.06. The van der Waals surface area contributed by atoms with E-state index in [2.05, 4.69) is 27.8 Å². The van der Waals surface area contributed by atoms with E-state index >= 15 is 0 Å². The van der Waals surface area contributed by atoms with Crippen LogP contribution in [0.5, 0.6) is 0 Å². The van der Waals surface area contributed by atoms with Crippen LogP contribution in [0.1, 0.15) is 73.4 Å². The van der Waals surface area contributed by atoms with E-state index in [9.17, 15) is 19.2 Å². The molecule has 1 unspecified atom stereocenters. The molecule has 36 heavy (non-hydrogen) atoms. The van der Waals surface area contributed by atoms with E-state index in [0.717, 1.165) is 63.1 Å². The van der Waals surface area contributed by atoms with Crippen LogP contribution in [0.4, 0.5) is 0 Å². The van der Waals surface area contributed by atoms with Crippen LogP contribution in [-0.2, 0) is 25.7 Å². The first kappa shape index (κ1) is 29.0. The number of ether oxygens (including phenoxy) is 1. The Hall–Kier alpha value is -3.22. The molecule has 0 saturated heterocycles. The Labute approximate surface area is 213 Å². The van der Waals surface area contributed by atoms with Gasteiger partial charge in [-0.1, -0.05) is 31.3 Å². The van der Waals surface area contributed by atoms with Crippen molar-refractivity contribution in [2.45, 2.75) is 64.5 Å². The number of imide groups is 1. The minimum Gasteiger partial charge on any atom is -0.381 e. The van der Waals surface area contributed by atoms with Crippen molar-refractivity contribution in [2.75, 3.05) is 32.8 Å². The van der Waals surface area contributed by atoms with Gasteiger partial charge in [0.05, 0.1) is 0 Å². The Morgan fingerprint density at radius 2 is 1.89 bits per heavy atom. The van der Waals surface area contributed by atoms with Gasteiger partial charge in [0.1, 0.15) is 6.04 Å². The summed E-state index contributed by atoms with van der Waals surface area (Å²) in [6, 6.07) is 4.79. The Kier molecular flexibility index (Phi) is 13.9. The summed E-state index contributed by atoms with van der Waals surface area (Å²) in [5.41, 5.74) is 2.20. The molecule has 2 rings (SSSR count). The second kappa shape index (κ2) is 17.2. The highest BCUT2D eigenvalue weighted by Crippen LogP contribution is 2.28. The second-order valence-corrected chi connectivity index (χ2v) is 8.60. The van der Waals surface area contributed by atoms with Crippen LogP contribution in [0.2, 0.25) is 0 Å². The van der Waals surface area contributed by atoms with E-state index in [4.69, 9.17) is 4.74 Å². The number of fused-ring (bicyclic) bond motifs is 1. The zero-order valence-corrected chi connectivity index (χ0v) is 21.1. The second-order valence-electron chi connectivity index (χ2n) is 8.60. The van der Waals surface area contributed by atoms with Gasteiger partial charge in [-0.25, -0.2) is 0 Å². The van der Waals surface area contributed by atoms with Crippen LogP contribution in [0.25, 0.3) is 0 Å². The molecule has 0 radical (unpaired) electrons. The molecule has 9 heteroatoms. The lowest BCUT2D eigenvalue weighted by atomic mass is 10.0. The third-order valence-corrected chi connectivity index (χ3v) is 5.92. The van der Waals surface area contributed by atoms with Crippen molar-refractivity contribution in [2.24, 2.45) is 0 Å². The molecular weight excluding hydrogens is 460 g/mol. The van der Waals surface area contributed by atoms with Gasteiger partial charge in [0.15, 0.2) is 0 Å². The van der Waals surface area contributed by atoms with Crippen LogP contribution in [0.15, 0.2) is 18.2 Å². The van der Waals surface area contributed by atoms with Crippen LogP contribution >= 0.6 is 0 Å². The van der Waals surface area contributed by atoms with Crippen molar-refractivity contribution in [1.82, 2.24) is 20.9 Å². The lowest BCUT2D eigenvalue weighted by Gasteiger charge is -2.25. The molecule has 1 aliphatic rings. The first-order chi connectivity index (χ1) is 17.6. The van der Waals surface area contributed by atoms with Crippen molar-refractivity contribution in [3.05, 3.63) is 34.9 Å². The zero-order valence-electron chi connectivity index (χ0n) is 21.1. The van der Waals surface area contributed by atoms with E-state index in [-0.39, 0.29) is 5.91 Å². The molecular formula is C27H38N4O5. The average Bonchev–Trinajstić information content (AvgIpc) is 3.21. The number of carbonyl (C=O) groups is 4. The van der Waals surface area contributed by atoms with Gasteiger partial charge < -0.3 is 20.3 Å². The fourth-order valence-electron chi connectivity index (χ4n) is 4.06. The van der Waals surface area contributed by atoms with Crippen molar-refractivity contribution in [3.63, 3.8) is 0 Å². The first-order valence-electron chi connectivity index (χ1n) is 12.7. The molecule has 0 aliphatic carbocycles. The van der Waals surface area contributed by atoms with Crippen molar-refractivity contribution < 1.29 is 23.9 Å². The zero-order chi connectivity index (χ0) is 26.0. The molecule has 0 spiro atoms. The molecule has 0 bridgehead atoms. The number of carbonyl (C=O) groups excluding carboxylic acids is 4. The number of rotatable bonds is 18. The first-order valence-corrected chi connectivity index (χ1v) is 12.7. The molecule has 196 valence electrons. The van der Waals surface area contributed by atoms with Crippen molar-refractivity contribution in [1.29, 1.82) is 0 Å². The summed E-state index contributed by atoms with van der Waals surface area (Å²) in [7, 11) is 0. The topological polar surface area (TPSA) is 117 Å². The van der Waals surface area contributed by atoms with Crippen LogP contribution in [-0.4, -0.2) is 68.4 Å². The van der Waals surface area contributed by atoms with Gasteiger partial charge in [0, 0.05) is 50.4 Å². The molecule has 1 aromatic carbocycles. The van der Waals surface area contributed by atoms with Crippen molar-refractivity contribution in [3.8, 4) is 11.8 Å². The third-order valence-electron chi connectivity index (χ3n) is 5.92. The highest BCUT2D eigenvalue weighted by Gasteiger charge is 2.36. The third kappa shape index (κ3) is 9.44. The Morgan fingerprint density at radius 3 is 2.61 bits per heavy atom. The van der Waals surface area contributed by atoms with E-state index in [1.54, 1.807) is 6.07 Å². The van der Waals surface area contributed by atoms with E-state index < -0.39 is 11.9 Å². The maximum absolute atomic E-state index is 13.0. The smallest absolute Gasteiger partial charge is 0.255 e. The van der Waals surface area contributed by atoms with E-state index in [1.165, 1.54) is 4.90 Å². The van der Waals surface area contributed by atoms with E-state index in [0.29, 0.717) is 50.7 Å². The predicted molar refractivity (Wildman–Crippen MR) is 137 cm³/mol. The number of nitrogens with one attached hydrogen (secondary N) is 3. The molecule has 0 aromatic heterocycles. The monoisotopic (exact) mass is 498 g/mol. The average molecular weight is 499 g/mol. The normalized spacial score (nSPS) is 12.9. The Bertz CT molecular complexity index is 924. The lowest BCUT2D eigenvalue weighted by Crippen LogP contribution is -2.46. The summed E-state index contributed by atoms with van der Waals surface area (Å²) in [6.45, 7) is 6.10. The fraction of sp³-hybridized carbons (Fsp3) is 0.556. The Balaban J connectivity index is 1.72. The molecule has 1 atom stereocenters. The van der Waals surface area contributed by atoms with Crippen LogP contribution < -0.4 is 16.0 Å². The van der Waals surface area contributed by atoms with Crippen LogP contribution in [0.3, 0.4) is 0 Å². The molecule has 3 N–H and O–H groups in total. The summed E-state index contributed by atoms with van der Waals surface area (Å²) in [5.74, 6) is 5.71. The maximum atomic E-state index is 13.0. The number of hydrogen-bond donors (Lipinski definition) is 3. The van der Waals surface area contributed by atoms with Gasteiger partial charge in [-0.05, 0) is 56.3 Å². The van der Waals surface area contributed by atoms with Crippen molar-refractivity contribution >= 4 is 24.6 Å². The van der Waals surface area contributed by atoms with Gasteiger partial charge in [-0.15, -0.1) is 0 Å². The number of benzene rings is 1. The summed E-state index contributed by atoms with van der Waals surface area (Å²) in [4.78, 5) is 47.7. The van der Waals surface area contributed by atoms with Gasteiger partial charge in [-0.3, -0.25) is 24.5 Å². The molecule has 4 amide bonds. The molecule has 1 aromatic rings. The minimum absolute atomic E-state index is 0.200. The summed E-state index contributed by atoms with van der Waals surface area (Å²) < 4.78 is 5.58. The van der Waals surface area contributed by atoms with Gasteiger partial charge in [0.25, 0.3) is 5.91 Å². The Morgan fingerprint density at radius 1 is 1.11 bits per heavy atom. The van der Waals surface area contributed by atoms with Gasteiger partial charge >= 0.3 is 0 Å². The predicted octanol–water partition coefficient (Wildman–Crippen LogP) is 1.74. The minimum atomic E-state index is -0.679. The number of unbranched alkanes of at least 4 members (excludes halogenated alkanes) is 2. The summed E-state index contributed by atoms with van der Waals surface area (Å²) >= 11 is 0. The van der Waals surface area contributed by atoms with E-state index in [1.807, 2.05) is 19.1 Å². The summed E-state index contributed by atoms with van der Waals surface area (Å²) in [5, 5.41) is 8.20. The highest BCUT2D eigenvalue weighted by molar-refractivity contribution is 6.02. The SMILES string of the molecule is CCCC(C(=O)NC=O)N1Cc2c(C#CCCNCCCCOCCCCNC=O)cccc2C1=O. The van der Waals surface area contributed by atoms with Gasteiger partial charge in [-0.2, -0.15) is 0 Å². The standard InChI is InChI=1S/C27H38N4O5/c1-2-10-25(26(34)30-21-33)31-19-24-22(12-9-13-23(24)27(31)35)11-3-4-14-28-15-5-7-17-36-18-8-6-16-29-20-32/h9,12-13,20-21,25,28H,2,4-8,10,14-19H2,1H3,(H,29,32)(H,30,33,34). The molecule has 0 saturated carbocycles. The van der Waals surface area contributed by atoms with Crippen LogP contribution in [0, 0.1) is 11.8 Å². The molecule has 0 fully saturated rings. The largest absolute Gasteiger partial charge is 0.381 e. The highest BCUT2D eigenvalue weighted by atomic mass is 16.5. The molecule has 1 aliphatic heterocycles. The molecule has 1 heterocycles. The molecule has 9 nitrogen and oxygen atoms in total. The number of amides is 4. The maximum Gasteiger partial charge on any atom is 0.255 e. The lowest BCUT2D eigenvalue weighted by molar-refractivity contribution is -0.129. The summed E-state index contributed by atoms with van der Waals surface area (Å²) in [6.07, 6.45) is 6.86. The number of hydrogen-bond acceptors (Lipinski definition) is 6. The number of nitrogens with zero attached hydrogens (tertiary/aromatic N) is 1. The quantitative estimate of drug-likeness (QED) is 0.161.